The van der Waals surface area contributed by atoms with Gasteiger partial charge in [-0.2, -0.15) is 0 Å². The number of carbonyl (C=O) groups is 2. The van der Waals surface area contributed by atoms with Crippen LogP contribution in [0.5, 0.6) is 0 Å². The maximum Gasteiger partial charge on any atom is 0.290 e. The molecule has 0 radical (unpaired) electrons. The minimum atomic E-state index is -0.345. The van der Waals surface area contributed by atoms with E-state index in [2.05, 4.69) is 10.5 Å². The van der Waals surface area contributed by atoms with Crippen molar-refractivity contribution in [2.75, 3.05) is 6.54 Å². The Bertz CT molecular complexity index is 1030. The number of hydrogen-bond donors (Lipinski definition) is 1. The maximum absolute atomic E-state index is 12.4. The Kier molecular flexibility index (Phi) is 5.62. The molecule has 1 aromatic heterocycles. The molecular weight excluding hydrogens is 390 g/mol. The molecule has 148 valence electrons. The van der Waals surface area contributed by atoms with Crippen molar-refractivity contribution < 1.29 is 14.1 Å². The number of amides is 2. The summed E-state index contributed by atoms with van der Waals surface area (Å²) in [5.74, 6) is -0.00353. The number of likely N-dealkylation sites (tertiary alicyclic amines) is 1. The Balaban J connectivity index is 1.34. The number of nitrogens with one attached hydrogen (secondary N) is 1. The van der Waals surface area contributed by atoms with E-state index in [1.165, 1.54) is 0 Å². The third-order valence-electron chi connectivity index (χ3n) is 4.90. The topological polar surface area (TPSA) is 75.4 Å². The van der Waals surface area contributed by atoms with Gasteiger partial charge in [0.1, 0.15) is 5.69 Å². The van der Waals surface area contributed by atoms with E-state index in [1.807, 2.05) is 47.4 Å². The van der Waals surface area contributed by atoms with E-state index in [0.717, 1.165) is 24.1 Å². The lowest BCUT2D eigenvalue weighted by Gasteiger charge is -2.15. The lowest BCUT2D eigenvalue weighted by Crippen LogP contribution is -2.24. The summed E-state index contributed by atoms with van der Waals surface area (Å²) in [5.41, 5.74) is 3.27. The van der Waals surface area contributed by atoms with Gasteiger partial charge in [-0.3, -0.25) is 9.59 Å². The highest BCUT2D eigenvalue weighted by Gasteiger charge is 2.20. The molecule has 4 rings (SSSR count). The molecule has 0 saturated carbocycles. The van der Waals surface area contributed by atoms with Crippen LogP contribution in [0.15, 0.2) is 59.1 Å². The molecule has 1 N–H and O–H groups in total. The van der Waals surface area contributed by atoms with Crippen LogP contribution in [-0.2, 0) is 17.9 Å². The molecule has 0 unspecified atom stereocenters. The quantitative estimate of drug-likeness (QED) is 0.666. The molecule has 2 aromatic carbocycles. The summed E-state index contributed by atoms with van der Waals surface area (Å²) >= 11 is 6.16. The van der Waals surface area contributed by atoms with Gasteiger partial charge in [0.2, 0.25) is 11.7 Å². The van der Waals surface area contributed by atoms with Crippen LogP contribution in [0.3, 0.4) is 0 Å². The molecule has 1 aliphatic rings. The van der Waals surface area contributed by atoms with Gasteiger partial charge >= 0.3 is 0 Å². The fourth-order valence-electron chi connectivity index (χ4n) is 3.30. The van der Waals surface area contributed by atoms with Crippen LogP contribution in [0.2, 0.25) is 5.02 Å². The van der Waals surface area contributed by atoms with Gasteiger partial charge in [-0.25, -0.2) is 0 Å². The average Bonchev–Trinajstić information content (AvgIpc) is 3.37. The van der Waals surface area contributed by atoms with Crippen LogP contribution in [0.25, 0.3) is 11.3 Å². The second-order valence-corrected chi connectivity index (χ2v) is 7.38. The maximum atomic E-state index is 12.4. The van der Waals surface area contributed by atoms with Crippen LogP contribution >= 0.6 is 11.6 Å². The molecule has 6 nitrogen and oxygen atoms in total. The van der Waals surface area contributed by atoms with Crippen LogP contribution in [0, 0.1) is 0 Å². The average molecular weight is 410 g/mol. The normalized spacial score (nSPS) is 13.7. The first kappa shape index (κ1) is 19.2. The Labute approximate surface area is 173 Å². The fourth-order valence-corrected chi connectivity index (χ4v) is 3.53. The highest BCUT2D eigenvalue weighted by atomic mass is 35.5. The molecule has 2 heterocycles. The predicted molar refractivity (Wildman–Crippen MR) is 109 cm³/mol. The summed E-state index contributed by atoms with van der Waals surface area (Å²) in [4.78, 5) is 26.0. The lowest BCUT2D eigenvalue weighted by molar-refractivity contribution is -0.128. The third-order valence-corrected chi connectivity index (χ3v) is 5.23. The van der Waals surface area contributed by atoms with Crippen molar-refractivity contribution in [3.8, 4) is 11.3 Å². The van der Waals surface area contributed by atoms with Crippen molar-refractivity contribution in [1.82, 2.24) is 15.4 Å². The molecule has 0 atom stereocenters. The van der Waals surface area contributed by atoms with E-state index in [0.29, 0.717) is 35.8 Å². The molecule has 1 saturated heterocycles. The standard InChI is InChI=1S/C22H20ClN3O3/c23-18-5-2-1-4-17(18)19-12-20(29-25-19)22(28)24-13-15-7-9-16(10-8-15)14-26-11-3-6-21(26)27/h1-2,4-5,7-10,12H,3,6,11,13-14H2,(H,24,28). The van der Waals surface area contributed by atoms with Crippen LogP contribution in [0.4, 0.5) is 0 Å². The molecule has 0 aliphatic carbocycles. The highest BCUT2D eigenvalue weighted by Crippen LogP contribution is 2.27. The second-order valence-electron chi connectivity index (χ2n) is 6.97. The first-order valence-electron chi connectivity index (χ1n) is 9.45. The van der Waals surface area contributed by atoms with Gasteiger partial charge in [-0.1, -0.05) is 59.2 Å². The van der Waals surface area contributed by atoms with Crippen molar-refractivity contribution in [3.05, 3.63) is 76.5 Å². The number of rotatable bonds is 6. The molecule has 29 heavy (non-hydrogen) atoms. The van der Waals surface area contributed by atoms with Crippen LogP contribution < -0.4 is 5.32 Å². The van der Waals surface area contributed by atoms with E-state index in [9.17, 15) is 9.59 Å². The number of aromatic nitrogens is 1. The van der Waals surface area contributed by atoms with Gasteiger partial charge in [0, 0.05) is 37.7 Å². The predicted octanol–water partition coefficient (Wildman–Crippen LogP) is 4.05. The zero-order valence-electron chi connectivity index (χ0n) is 15.7. The Morgan fingerprint density at radius 3 is 2.62 bits per heavy atom. The summed E-state index contributed by atoms with van der Waals surface area (Å²) in [5, 5.41) is 7.31. The number of nitrogens with zero attached hydrogens (tertiary/aromatic N) is 2. The lowest BCUT2D eigenvalue weighted by atomic mass is 10.1. The third kappa shape index (κ3) is 4.49. The smallest absolute Gasteiger partial charge is 0.290 e. The summed E-state index contributed by atoms with van der Waals surface area (Å²) in [7, 11) is 0. The molecule has 1 aliphatic heterocycles. The molecule has 0 spiro atoms. The van der Waals surface area contributed by atoms with Crippen molar-refractivity contribution in [2.24, 2.45) is 0 Å². The van der Waals surface area contributed by atoms with Crippen molar-refractivity contribution in [3.63, 3.8) is 0 Å². The van der Waals surface area contributed by atoms with Crippen LogP contribution in [-0.4, -0.2) is 28.4 Å². The van der Waals surface area contributed by atoms with Gasteiger partial charge in [-0.15, -0.1) is 0 Å². The number of carbonyl (C=O) groups excluding carboxylic acids is 2. The van der Waals surface area contributed by atoms with Gasteiger partial charge in [-0.05, 0) is 23.6 Å². The molecule has 7 heteroatoms. The monoisotopic (exact) mass is 409 g/mol. The summed E-state index contributed by atoms with van der Waals surface area (Å²) < 4.78 is 5.17. The van der Waals surface area contributed by atoms with E-state index in [1.54, 1.807) is 12.1 Å². The zero-order valence-corrected chi connectivity index (χ0v) is 16.5. The zero-order chi connectivity index (χ0) is 20.2. The summed E-state index contributed by atoms with van der Waals surface area (Å²) in [6.07, 6.45) is 1.58. The molecular formula is C22H20ClN3O3. The highest BCUT2D eigenvalue weighted by molar-refractivity contribution is 6.33. The second kappa shape index (κ2) is 8.49. The van der Waals surface area contributed by atoms with Crippen molar-refractivity contribution in [2.45, 2.75) is 25.9 Å². The van der Waals surface area contributed by atoms with Gasteiger partial charge < -0.3 is 14.7 Å². The first-order chi connectivity index (χ1) is 14.1. The van der Waals surface area contributed by atoms with Crippen LogP contribution in [0.1, 0.15) is 34.5 Å². The van der Waals surface area contributed by atoms with E-state index in [4.69, 9.17) is 16.1 Å². The fraction of sp³-hybridized carbons (Fsp3) is 0.227. The largest absolute Gasteiger partial charge is 0.350 e. The Hall–Kier alpha value is -3.12. The van der Waals surface area contributed by atoms with E-state index in [-0.39, 0.29) is 17.6 Å². The van der Waals surface area contributed by atoms with Gasteiger partial charge in [0.25, 0.3) is 5.91 Å². The summed E-state index contributed by atoms with van der Waals surface area (Å²) in [6, 6.07) is 16.7. The number of benzene rings is 2. The van der Waals surface area contributed by atoms with Gasteiger partial charge in [0.05, 0.1) is 5.02 Å². The SMILES string of the molecule is O=C(NCc1ccc(CN2CCCC2=O)cc1)c1cc(-c2ccccc2Cl)no1. The van der Waals surface area contributed by atoms with Crippen molar-refractivity contribution in [1.29, 1.82) is 0 Å². The first-order valence-corrected chi connectivity index (χ1v) is 9.83. The Morgan fingerprint density at radius 2 is 1.90 bits per heavy atom. The summed E-state index contributed by atoms with van der Waals surface area (Å²) in [6.45, 7) is 1.82. The number of halogens is 1. The van der Waals surface area contributed by atoms with E-state index < -0.39 is 0 Å². The minimum absolute atomic E-state index is 0.129. The molecule has 2 amide bonds. The Morgan fingerprint density at radius 1 is 1.14 bits per heavy atom. The molecule has 3 aromatic rings. The molecule has 1 fully saturated rings. The van der Waals surface area contributed by atoms with Gasteiger partial charge in [0.15, 0.2) is 0 Å². The molecule has 0 bridgehead atoms. The number of hydrogen-bond acceptors (Lipinski definition) is 4. The van der Waals surface area contributed by atoms with E-state index >= 15 is 0 Å². The minimum Gasteiger partial charge on any atom is -0.350 e. The van der Waals surface area contributed by atoms with Crippen molar-refractivity contribution >= 4 is 23.4 Å².